The minimum atomic E-state index is -4.54. The summed E-state index contributed by atoms with van der Waals surface area (Å²) in [5.74, 6) is 0. The standard InChI is InChI=1S/C11H12ClF3N2O/c12-9-7(10(18)4-3-6(16)5-10)1-2-8(17-9)11(13,14)15/h1-2,6,18H,3-5,16H2. The van der Waals surface area contributed by atoms with Crippen molar-refractivity contribution in [2.24, 2.45) is 5.73 Å². The lowest BCUT2D eigenvalue weighted by atomic mass is 9.93. The molecule has 100 valence electrons. The minimum Gasteiger partial charge on any atom is -0.385 e. The minimum absolute atomic E-state index is 0.173. The first kappa shape index (κ1) is 13.6. The molecular weight excluding hydrogens is 269 g/mol. The molecule has 2 atom stereocenters. The molecule has 18 heavy (non-hydrogen) atoms. The summed E-state index contributed by atoms with van der Waals surface area (Å²) in [5.41, 5.74) is 3.57. The van der Waals surface area contributed by atoms with Crippen LogP contribution in [-0.4, -0.2) is 16.1 Å². The van der Waals surface area contributed by atoms with Gasteiger partial charge in [0.15, 0.2) is 0 Å². The number of hydrogen-bond donors (Lipinski definition) is 2. The van der Waals surface area contributed by atoms with E-state index in [0.717, 1.165) is 6.07 Å². The lowest BCUT2D eigenvalue weighted by molar-refractivity contribution is -0.141. The highest BCUT2D eigenvalue weighted by Crippen LogP contribution is 2.41. The smallest absolute Gasteiger partial charge is 0.385 e. The molecule has 1 aromatic heterocycles. The van der Waals surface area contributed by atoms with Gasteiger partial charge in [0.05, 0.1) is 5.60 Å². The fraction of sp³-hybridized carbons (Fsp3) is 0.545. The third-order valence-corrected chi connectivity index (χ3v) is 3.46. The lowest BCUT2D eigenvalue weighted by Crippen LogP contribution is -2.26. The molecule has 0 radical (unpaired) electrons. The van der Waals surface area contributed by atoms with Crippen LogP contribution in [-0.2, 0) is 11.8 Å². The zero-order chi connectivity index (χ0) is 13.6. The van der Waals surface area contributed by atoms with Crippen molar-refractivity contribution in [2.75, 3.05) is 0 Å². The van der Waals surface area contributed by atoms with Gasteiger partial charge in [-0.25, -0.2) is 4.98 Å². The van der Waals surface area contributed by atoms with Gasteiger partial charge in [0.1, 0.15) is 10.8 Å². The molecule has 1 heterocycles. The highest BCUT2D eigenvalue weighted by Gasteiger charge is 2.40. The summed E-state index contributed by atoms with van der Waals surface area (Å²) in [6.45, 7) is 0. The first-order valence-electron chi connectivity index (χ1n) is 5.44. The maximum atomic E-state index is 12.4. The van der Waals surface area contributed by atoms with E-state index in [1.807, 2.05) is 0 Å². The average Bonchev–Trinajstić information content (AvgIpc) is 2.58. The highest BCUT2D eigenvalue weighted by molar-refractivity contribution is 6.30. The molecule has 1 aliphatic rings. The van der Waals surface area contributed by atoms with Crippen LogP contribution >= 0.6 is 11.6 Å². The van der Waals surface area contributed by atoms with E-state index in [1.165, 1.54) is 6.07 Å². The van der Waals surface area contributed by atoms with Crippen molar-refractivity contribution in [3.8, 4) is 0 Å². The van der Waals surface area contributed by atoms with Gasteiger partial charge in [-0.3, -0.25) is 0 Å². The van der Waals surface area contributed by atoms with E-state index < -0.39 is 17.5 Å². The van der Waals surface area contributed by atoms with E-state index >= 15 is 0 Å². The predicted octanol–water partition coefficient (Wildman–Crippen LogP) is 2.45. The van der Waals surface area contributed by atoms with Crippen molar-refractivity contribution in [3.63, 3.8) is 0 Å². The molecule has 3 N–H and O–H groups in total. The topological polar surface area (TPSA) is 59.1 Å². The Hall–Kier alpha value is -0.850. The predicted molar refractivity (Wildman–Crippen MR) is 60.0 cm³/mol. The molecule has 1 aliphatic carbocycles. The van der Waals surface area contributed by atoms with Gasteiger partial charge >= 0.3 is 6.18 Å². The summed E-state index contributed by atoms with van der Waals surface area (Å²) >= 11 is 5.74. The van der Waals surface area contributed by atoms with Gasteiger partial charge < -0.3 is 10.8 Å². The average molecular weight is 281 g/mol. The van der Waals surface area contributed by atoms with Crippen molar-refractivity contribution in [1.29, 1.82) is 0 Å². The Morgan fingerprint density at radius 1 is 1.44 bits per heavy atom. The first-order valence-corrected chi connectivity index (χ1v) is 5.82. The second kappa shape index (κ2) is 4.36. The van der Waals surface area contributed by atoms with Gasteiger partial charge in [-0.15, -0.1) is 0 Å². The molecule has 0 amide bonds. The number of nitrogens with two attached hydrogens (primary N) is 1. The maximum Gasteiger partial charge on any atom is 0.433 e. The molecule has 0 aromatic carbocycles. The van der Waals surface area contributed by atoms with E-state index in [9.17, 15) is 18.3 Å². The molecule has 7 heteroatoms. The molecule has 3 nitrogen and oxygen atoms in total. The molecule has 2 rings (SSSR count). The lowest BCUT2D eigenvalue weighted by Gasteiger charge is -2.24. The Labute approximate surface area is 107 Å². The quantitative estimate of drug-likeness (QED) is 0.777. The van der Waals surface area contributed by atoms with Gasteiger partial charge in [-0.05, 0) is 25.3 Å². The fourth-order valence-electron chi connectivity index (χ4n) is 2.25. The SMILES string of the molecule is NC1CCC(O)(c2ccc(C(F)(F)F)nc2Cl)C1. The molecule has 1 aromatic rings. The largest absolute Gasteiger partial charge is 0.433 e. The summed E-state index contributed by atoms with van der Waals surface area (Å²) < 4.78 is 37.3. The second-order valence-corrected chi connectivity index (χ2v) is 4.93. The number of hydrogen-bond acceptors (Lipinski definition) is 3. The molecule has 0 aliphatic heterocycles. The Balaban J connectivity index is 2.36. The van der Waals surface area contributed by atoms with E-state index in [0.29, 0.717) is 12.8 Å². The Kier molecular flexibility index (Phi) is 3.29. The molecule has 1 fully saturated rings. The van der Waals surface area contributed by atoms with Crippen molar-refractivity contribution in [3.05, 3.63) is 28.5 Å². The van der Waals surface area contributed by atoms with Crippen LogP contribution in [0.15, 0.2) is 12.1 Å². The number of halogens is 4. The van der Waals surface area contributed by atoms with E-state index in [-0.39, 0.29) is 23.2 Å². The molecule has 1 saturated carbocycles. The van der Waals surface area contributed by atoms with Gasteiger partial charge in [0.25, 0.3) is 0 Å². The van der Waals surface area contributed by atoms with E-state index in [1.54, 1.807) is 0 Å². The number of aliphatic hydroxyl groups is 1. The van der Waals surface area contributed by atoms with Crippen molar-refractivity contribution >= 4 is 11.6 Å². The summed E-state index contributed by atoms with van der Waals surface area (Å²) in [6, 6.07) is 1.83. The molecule has 0 bridgehead atoms. The number of nitrogens with zero attached hydrogens (tertiary/aromatic N) is 1. The number of alkyl halides is 3. The second-order valence-electron chi connectivity index (χ2n) is 4.57. The number of pyridine rings is 1. The Morgan fingerprint density at radius 2 is 2.11 bits per heavy atom. The summed E-state index contributed by atoms with van der Waals surface area (Å²) in [6.07, 6.45) is -3.29. The van der Waals surface area contributed by atoms with Gasteiger partial charge in [-0.2, -0.15) is 13.2 Å². The monoisotopic (exact) mass is 280 g/mol. The van der Waals surface area contributed by atoms with Crippen LogP contribution in [0.3, 0.4) is 0 Å². The normalized spacial score (nSPS) is 28.7. The van der Waals surface area contributed by atoms with Crippen LogP contribution in [0.25, 0.3) is 0 Å². The van der Waals surface area contributed by atoms with Gasteiger partial charge in [0, 0.05) is 11.6 Å². The number of rotatable bonds is 1. The highest BCUT2D eigenvalue weighted by atomic mass is 35.5. The molecule has 0 spiro atoms. The third kappa shape index (κ3) is 2.46. The zero-order valence-electron chi connectivity index (χ0n) is 9.34. The summed E-state index contributed by atoms with van der Waals surface area (Å²) in [7, 11) is 0. The molecular formula is C11H12ClF3N2O. The van der Waals surface area contributed by atoms with Crippen LogP contribution in [0.1, 0.15) is 30.5 Å². The van der Waals surface area contributed by atoms with Gasteiger partial charge in [0.2, 0.25) is 0 Å². The fourth-order valence-corrected chi connectivity index (χ4v) is 2.58. The van der Waals surface area contributed by atoms with Crippen LogP contribution in [0.2, 0.25) is 5.15 Å². The number of aromatic nitrogens is 1. The van der Waals surface area contributed by atoms with Crippen LogP contribution < -0.4 is 5.73 Å². The Bertz CT molecular complexity index is 466. The molecule has 0 saturated heterocycles. The van der Waals surface area contributed by atoms with Crippen LogP contribution in [0.4, 0.5) is 13.2 Å². The third-order valence-electron chi connectivity index (χ3n) is 3.17. The van der Waals surface area contributed by atoms with Crippen molar-refractivity contribution in [2.45, 2.75) is 37.1 Å². The van der Waals surface area contributed by atoms with E-state index in [2.05, 4.69) is 4.98 Å². The van der Waals surface area contributed by atoms with Crippen LogP contribution in [0, 0.1) is 0 Å². The van der Waals surface area contributed by atoms with E-state index in [4.69, 9.17) is 17.3 Å². The molecule has 2 unspecified atom stereocenters. The maximum absolute atomic E-state index is 12.4. The summed E-state index contributed by atoms with van der Waals surface area (Å²) in [4.78, 5) is 3.30. The van der Waals surface area contributed by atoms with Gasteiger partial charge in [-0.1, -0.05) is 17.7 Å². The zero-order valence-corrected chi connectivity index (χ0v) is 10.1. The first-order chi connectivity index (χ1) is 8.22. The van der Waals surface area contributed by atoms with Crippen molar-refractivity contribution < 1.29 is 18.3 Å². The van der Waals surface area contributed by atoms with Crippen molar-refractivity contribution in [1.82, 2.24) is 4.98 Å². The van der Waals surface area contributed by atoms with Crippen LogP contribution in [0.5, 0.6) is 0 Å². The summed E-state index contributed by atoms with van der Waals surface area (Å²) in [5, 5.41) is 10.0. The Morgan fingerprint density at radius 3 is 2.56 bits per heavy atom.